The lowest BCUT2D eigenvalue weighted by atomic mass is 10.9. The van der Waals surface area contributed by atoms with Crippen molar-refractivity contribution in [3.8, 4) is 0 Å². The first-order valence-corrected chi connectivity index (χ1v) is 26.6. The zero-order chi connectivity index (χ0) is 25.8. The lowest BCUT2D eigenvalue weighted by Crippen LogP contribution is -2.57. The quantitative estimate of drug-likeness (QED) is 0.276. The van der Waals surface area contributed by atoms with Crippen LogP contribution >= 0.6 is 0 Å². The van der Waals surface area contributed by atoms with Crippen molar-refractivity contribution in [2.75, 3.05) is 42.7 Å². The molecule has 0 aromatic carbocycles. The van der Waals surface area contributed by atoms with Crippen molar-refractivity contribution in [2.45, 2.75) is 76.6 Å². The maximum absolute atomic E-state index is 6.18. The lowest BCUT2D eigenvalue weighted by molar-refractivity contribution is 0.119. The summed E-state index contributed by atoms with van der Waals surface area (Å²) in [7, 11) is -0.398. The third-order valence-corrected chi connectivity index (χ3v) is 26.9. The molecule has 0 aliphatic heterocycles. The number of rotatable bonds is 15. The molecule has 0 N–H and O–H groups in total. The molecule has 1 unspecified atom stereocenters. The maximum Gasteiger partial charge on any atom is 0.502 e. The zero-order valence-corrected chi connectivity index (χ0v) is 29.7. The highest BCUT2D eigenvalue weighted by Crippen LogP contribution is 2.34. The first-order valence-electron chi connectivity index (χ1n) is 11.2. The molecule has 0 rings (SSSR count). The molecule has 0 spiro atoms. The summed E-state index contributed by atoms with van der Waals surface area (Å²) < 4.78 is 45.1. The second kappa shape index (κ2) is 15.9. The Morgan fingerprint density at radius 2 is 0.969 bits per heavy atom. The van der Waals surface area contributed by atoms with E-state index >= 15 is 0 Å². The van der Waals surface area contributed by atoms with E-state index in [0.29, 0.717) is 0 Å². The molecule has 0 saturated carbocycles. The second-order valence-corrected chi connectivity index (χ2v) is 30.6. The van der Waals surface area contributed by atoms with Crippen LogP contribution < -0.4 is 0 Å². The van der Waals surface area contributed by atoms with Crippen molar-refractivity contribution in [1.29, 1.82) is 0 Å². The van der Waals surface area contributed by atoms with Gasteiger partial charge in [0.2, 0.25) is 0 Å². The van der Waals surface area contributed by atoms with E-state index in [1.165, 1.54) is 0 Å². The van der Waals surface area contributed by atoms with Gasteiger partial charge in [0.05, 0.1) is 0 Å². The van der Waals surface area contributed by atoms with Crippen LogP contribution in [-0.4, -0.2) is 95.0 Å². The first kappa shape index (κ1) is 35.1. The fourth-order valence-corrected chi connectivity index (χ4v) is 26.3. The fourth-order valence-electron chi connectivity index (χ4n) is 3.62. The molecular formula is C18H52O8Si6. The van der Waals surface area contributed by atoms with Gasteiger partial charge in [0.1, 0.15) is 0 Å². The topological polar surface area (TPSA) is 73.8 Å². The van der Waals surface area contributed by atoms with E-state index in [9.17, 15) is 0 Å². The molecule has 0 fully saturated rings. The second-order valence-electron chi connectivity index (χ2n) is 9.43. The van der Waals surface area contributed by atoms with Crippen molar-refractivity contribution in [1.82, 2.24) is 0 Å². The van der Waals surface area contributed by atoms with Crippen LogP contribution in [0.5, 0.6) is 0 Å². The van der Waals surface area contributed by atoms with Gasteiger partial charge < -0.3 is 34.8 Å². The van der Waals surface area contributed by atoms with Gasteiger partial charge in [0.15, 0.2) is 34.7 Å². The average molecular weight is 565 g/mol. The Hall–Kier alpha value is 0.981. The number of hydrogen-bond acceptors (Lipinski definition) is 8. The van der Waals surface area contributed by atoms with Crippen LogP contribution in [0.4, 0.5) is 0 Å². The van der Waals surface area contributed by atoms with Gasteiger partial charge in [-0.05, 0) is 58.4 Å². The Labute approximate surface area is 206 Å². The smallest absolute Gasteiger partial charge is 0.458 e. The standard InChI is InChI=1S/2C9H26O4Si3/c1-10-16(11-2,12-3)9-8-15(6,7)13-14(4)5;1-9(15(7,8)13-14(5)6)16(10-2,11-3)12-4/h14H,8-9H2,1-7H3;9,14H,1-8H3. The Morgan fingerprint density at radius 3 is 1.25 bits per heavy atom. The highest BCUT2D eigenvalue weighted by atomic mass is 28.5. The molecular weight excluding hydrogens is 513 g/mol. The van der Waals surface area contributed by atoms with E-state index in [-0.39, 0.29) is 5.16 Å². The fraction of sp³-hybridized carbons (Fsp3) is 1.00. The van der Waals surface area contributed by atoms with E-state index < -0.39 is 52.3 Å². The van der Waals surface area contributed by atoms with Gasteiger partial charge in [0, 0.05) is 53.9 Å². The Kier molecular flexibility index (Phi) is 17.4. The summed E-state index contributed by atoms with van der Waals surface area (Å²) in [4.78, 5) is 0. The largest absolute Gasteiger partial charge is 0.502 e. The van der Waals surface area contributed by atoms with Crippen LogP contribution in [0, 0.1) is 0 Å². The van der Waals surface area contributed by atoms with Crippen molar-refractivity contribution >= 4 is 52.3 Å². The summed E-state index contributed by atoms with van der Waals surface area (Å²) in [5.74, 6) is 0. The molecule has 0 bridgehead atoms. The highest BCUT2D eigenvalue weighted by molar-refractivity contribution is 6.90. The van der Waals surface area contributed by atoms with Gasteiger partial charge in [-0.2, -0.15) is 0 Å². The summed E-state index contributed by atoms with van der Waals surface area (Å²) in [5, 5.41) is 0.231. The van der Waals surface area contributed by atoms with Gasteiger partial charge in [0.25, 0.3) is 0 Å². The minimum atomic E-state index is -2.56. The monoisotopic (exact) mass is 564 g/mol. The molecule has 32 heavy (non-hydrogen) atoms. The van der Waals surface area contributed by atoms with E-state index in [1.54, 1.807) is 42.7 Å². The molecule has 0 aliphatic carbocycles. The van der Waals surface area contributed by atoms with Crippen LogP contribution in [0.25, 0.3) is 0 Å². The van der Waals surface area contributed by atoms with Gasteiger partial charge >= 0.3 is 17.6 Å². The zero-order valence-electron chi connectivity index (χ0n) is 23.4. The molecule has 0 radical (unpaired) electrons. The molecule has 0 aliphatic rings. The molecule has 1 atom stereocenters. The van der Waals surface area contributed by atoms with Crippen LogP contribution in [0.2, 0.25) is 69.6 Å². The van der Waals surface area contributed by atoms with E-state index in [4.69, 9.17) is 34.8 Å². The summed E-state index contributed by atoms with van der Waals surface area (Å²) in [6.45, 7) is 19.9. The van der Waals surface area contributed by atoms with Gasteiger partial charge in [-0.15, -0.1) is 0 Å². The van der Waals surface area contributed by atoms with Crippen LogP contribution in [0.1, 0.15) is 6.92 Å². The van der Waals surface area contributed by atoms with Gasteiger partial charge in [-0.25, -0.2) is 0 Å². The molecule has 196 valence electrons. The normalized spacial score (nSPS) is 14.5. The van der Waals surface area contributed by atoms with Crippen LogP contribution in [0.3, 0.4) is 0 Å². The molecule has 0 aromatic heterocycles. The lowest BCUT2D eigenvalue weighted by Gasteiger charge is -2.39. The first-order chi connectivity index (χ1) is 14.6. The molecule has 0 aromatic rings. The van der Waals surface area contributed by atoms with E-state index in [0.717, 1.165) is 12.1 Å². The van der Waals surface area contributed by atoms with E-state index in [1.807, 2.05) is 0 Å². The van der Waals surface area contributed by atoms with Crippen molar-refractivity contribution < 1.29 is 34.8 Å². The Morgan fingerprint density at radius 1 is 0.594 bits per heavy atom. The van der Waals surface area contributed by atoms with Crippen LogP contribution in [-0.2, 0) is 34.8 Å². The molecule has 0 heterocycles. The molecule has 0 saturated heterocycles. The summed E-state index contributed by atoms with van der Waals surface area (Å²) >= 11 is 0. The third kappa shape index (κ3) is 12.1. The predicted octanol–water partition coefficient (Wildman–Crippen LogP) is 4.07. The van der Waals surface area contributed by atoms with E-state index in [2.05, 4.69) is 59.3 Å². The molecule has 0 amide bonds. The minimum Gasteiger partial charge on any atom is -0.458 e. The predicted molar refractivity (Wildman–Crippen MR) is 147 cm³/mol. The average Bonchev–Trinajstić information content (AvgIpc) is 2.70. The van der Waals surface area contributed by atoms with Crippen LogP contribution in [0.15, 0.2) is 0 Å². The molecule has 8 nitrogen and oxygen atoms in total. The van der Waals surface area contributed by atoms with Gasteiger partial charge in [-0.3, -0.25) is 0 Å². The third-order valence-electron chi connectivity index (χ3n) is 5.49. The summed E-state index contributed by atoms with van der Waals surface area (Å²) in [6, 6.07) is 1.87. The van der Waals surface area contributed by atoms with Crippen molar-refractivity contribution in [3.05, 3.63) is 0 Å². The minimum absolute atomic E-state index is 0.231. The van der Waals surface area contributed by atoms with Crippen molar-refractivity contribution in [2.24, 2.45) is 0 Å². The Balaban J connectivity index is 0. The van der Waals surface area contributed by atoms with Gasteiger partial charge in [-0.1, -0.05) is 6.92 Å². The highest BCUT2D eigenvalue weighted by Gasteiger charge is 2.53. The summed E-state index contributed by atoms with van der Waals surface area (Å²) in [5.41, 5.74) is 0. The summed E-state index contributed by atoms with van der Waals surface area (Å²) in [6.07, 6.45) is 0. The Bertz CT molecular complexity index is 472. The number of hydrogen-bond donors (Lipinski definition) is 0. The SMILES string of the molecule is CO[Si](CC[Si](C)(C)O[SiH](C)C)(OC)OC.CO[Si](OC)(OC)C(C)[Si](C)(C)O[SiH](C)C. The van der Waals surface area contributed by atoms with Crippen molar-refractivity contribution in [3.63, 3.8) is 0 Å². The molecule has 14 heteroatoms. The maximum atomic E-state index is 6.18.